The third-order valence-corrected chi connectivity index (χ3v) is 5.31. The minimum absolute atomic E-state index is 0.0777. The number of amides is 2. The molecule has 0 spiro atoms. The van der Waals surface area contributed by atoms with E-state index in [-0.39, 0.29) is 18.5 Å². The summed E-state index contributed by atoms with van der Waals surface area (Å²) in [5.41, 5.74) is 2.62. The summed E-state index contributed by atoms with van der Waals surface area (Å²) in [6.45, 7) is -0.0777. The van der Waals surface area contributed by atoms with Crippen LogP contribution in [0.1, 0.15) is 37.2 Å². The fraction of sp³-hybridized carbons (Fsp3) is 0.333. The van der Waals surface area contributed by atoms with Crippen LogP contribution in [-0.2, 0) is 4.79 Å². The summed E-state index contributed by atoms with van der Waals surface area (Å²) in [5, 5.41) is 13.4. The maximum atomic E-state index is 12.3. The van der Waals surface area contributed by atoms with Crippen LogP contribution in [0.3, 0.4) is 0 Å². The van der Waals surface area contributed by atoms with E-state index in [9.17, 15) is 9.59 Å². The first-order chi connectivity index (χ1) is 13.7. The maximum Gasteiger partial charge on any atom is 0.344 e. The van der Waals surface area contributed by atoms with E-state index in [0.29, 0.717) is 17.0 Å². The molecule has 3 aromatic rings. The van der Waals surface area contributed by atoms with Crippen LogP contribution >= 0.6 is 0 Å². The number of rotatable bonds is 4. The molecule has 2 N–H and O–H groups in total. The van der Waals surface area contributed by atoms with Crippen molar-refractivity contribution in [1.29, 1.82) is 0 Å². The zero-order valence-corrected chi connectivity index (χ0v) is 15.5. The van der Waals surface area contributed by atoms with Gasteiger partial charge in [-0.25, -0.2) is 4.79 Å². The van der Waals surface area contributed by atoms with Gasteiger partial charge in [-0.05, 0) is 49.3 Å². The Morgan fingerprint density at radius 1 is 0.964 bits per heavy atom. The predicted octanol–water partition coefficient (Wildman–Crippen LogP) is 2.83. The molecule has 0 bridgehead atoms. The van der Waals surface area contributed by atoms with Crippen molar-refractivity contribution in [2.24, 2.45) is 0 Å². The average Bonchev–Trinajstić information content (AvgIpc) is 3.17. The van der Waals surface area contributed by atoms with Crippen molar-refractivity contribution in [3.63, 3.8) is 0 Å². The van der Waals surface area contributed by atoms with E-state index in [2.05, 4.69) is 45.2 Å². The Morgan fingerprint density at radius 2 is 1.68 bits per heavy atom. The van der Waals surface area contributed by atoms with Crippen molar-refractivity contribution in [2.75, 3.05) is 6.54 Å². The van der Waals surface area contributed by atoms with Gasteiger partial charge in [-0.1, -0.05) is 47.7 Å². The summed E-state index contributed by atoms with van der Waals surface area (Å²) in [6, 6.07) is 17.4. The van der Waals surface area contributed by atoms with Gasteiger partial charge in [0.1, 0.15) is 5.52 Å². The van der Waals surface area contributed by atoms with Gasteiger partial charge < -0.3 is 10.6 Å². The lowest BCUT2D eigenvalue weighted by atomic mass is 9.82. The van der Waals surface area contributed by atoms with E-state index >= 15 is 0 Å². The number of hydrogen-bond acceptors (Lipinski definition) is 4. The van der Waals surface area contributed by atoms with Gasteiger partial charge in [-0.3, -0.25) is 4.79 Å². The van der Waals surface area contributed by atoms with Crippen LogP contribution in [0.15, 0.2) is 54.6 Å². The summed E-state index contributed by atoms with van der Waals surface area (Å²) >= 11 is 0. The molecule has 1 aliphatic rings. The van der Waals surface area contributed by atoms with Crippen LogP contribution in [0.4, 0.5) is 4.79 Å². The first-order valence-corrected chi connectivity index (χ1v) is 9.63. The molecule has 1 aliphatic carbocycles. The molecule has 1 saturated carbocycles. The monoisotopic (exact) mass is 377 g/mol. The van der Waals surface area contributed by atoms with E-state index < -0.39 is 6.03 Å². The lowest BCUT2D eigenvalue weighted by Crippen LogP contribution is -2.44. The van der Waals surface area contributed by atoms with Gasteiger partial charge in [-0.15, -0.1) is 5.10 Å². The van der Waals surface area contributed by atoms with Crippen molar-refractivity contribution >= 4 is 23.0 Å². The summed E-state index contributed by atoms with van der Waals surface area (Å²) < 4.78 is 1.17. The maximum absolute atomic E-state index is 12.3. The lowest BCUT2D eigenvalue weighted by molar-refractivity contribution is -0.121. The molecule has 144 valence electrons. The van der Waals surface area contributed by atoms with E-state index in [1.165, 1.54) is 10.2 Å². The molecular formula is C21H23N5O2. The highest BCUT2D eigenvalue weighted by molar-refractivity contribution is 5.90. The Hall–Kier alpha value is -3.22. The molecule has 0 radical (unpaired) electrons. The van der Waals surface area contributed by atoms with E-state index in [1.54, 1.807) is 12.1 Å². The van der Waals surface area contributed by atoms with Crippen molar-refractivity contribution < 1.29 is 9.59 Å². The molecule has 2 amide bonds. The summed E-state index contributed by atoms with van der Waals surface area (Å²) in [7, 11) is 0. The highest BCUT2D eigenvalue weighted by Crippen LogP contribution is 2.32. The van der Waals surface area contributed by atoms with Gasteiger partial charge in [0.15, 0.2) is 0 Å². The van der Waals surface area contributed by atoms with Crippen LogP contribution in [0, 0.1) is 0 Å². The van der Waals surface area contributed by atoms with Crippen LogP contribution in [0.5, 0.6) is 0 Å². The van der Waals surface area contributed by atoms with Crippen LogP contribution in [-0.4, -0.2) is 39.5 Å². The molecule has 0 unspecified atom stereocenters. The number of nitrogens with zero attached hydrogens (tertiary/aromatic N) is 3. The number of hydrogen-bond donors (Lipinski definition) is 2. The molecular weight excluding hydrogens is 354 g/mol. The van der Waals surface area contributed by atoms with Gasteiger partial charge in [0.25, 0.3) is 0 Å². The molecule has 7 heteroatoms. The third kappa shape index (κ3) is 4.03. The normalized spacial score (nSPS) is 19.3. The molecule has 2 aromatic carbocycles. The molecule has 0 saturated heterocycles. The Kier molecular flexibility index (Phi) is 5.32. The molecule has 4 rings (SSSR count). The molecule has 1 fully saturated rings. The van der Waals surface area contributed by atoms with Gasteiger partial charge in [0.2, 0.25) is 5.91 Å². The summed E-state index contributed by atoms with van der Waals surface area (Å²) in [5.74, 6) is 0.385. The van der Waals surface area contributed by atoms with Crippen molar-refractivity contribution in [1.82, 2.24) is 25.6 Å². The predicted molar refractivity (Wildman–Crippen MR) is 106 cm³/mol. The van der Waals surface area contributed by atoms with Gasteiger partial charge in [-0.2, -0.15) is 4.68 Å². The molecule has 0 atom stereocenters. The number of aromatic nitrogens is 3. The standard InChI is InChI=1S/C21H23N5O2/c27-20(14-22-21(28)26-19-9-5-4-8-18(19)24-25-26)23-17-12-10-16(11-13-17)15-6-2-1-3-7-15/h1-9,16-17H,10-14H2,(H,22,28)(H,23,27). The fourth-order valence-corrected chi connectivity index (χ4v) is 3.82. The Morgan fingerprint density at radius 3 is 2.46 bits per heavy atom. The van der Waals surface area contributed by atoms with Crippen LogP contribution < -0.4 is 10.6 Å². The van der Waals surface area contributed by atoms with Crippen molar-refractivity contribution in [3.05, 3.63) is 60.2 Å². The minimum atomic E-state index is -0.461. The first-order valence-electron chi connectivity index (χ1n) is 9.63. The lowest BCUT2D eigenvalue weighted by Gasteiger charge is -2.29. The van der Waals surface area contributed by atoms with Crippen LogP contribution in [0.25, 0.3) is 11.0 Å². The van der Waals surface area contributed by atoms with Gasteiger partial charge >= 0.3 is 6.03 Å². The molecule has 7 nitrogen and oxygen atoms in total. The zero-order chi connectivity index (χ0) is 19.3. The molecule has 1 aromatic heterocycles. The third-order valence-electron chi connectivity index (χ3n) is 5.31. The number of para-hydroxylation sites is 1. The Balaban J connectivity index is 1.24. The minimum Gasteiger partial charge on any atom is -0.352 e. The second-order valence-electron chi connectivity index (χ2n) is 7.18. The highest BCUT2D eigenvalue weighted by atomic mass is 16.2. The number of benzene rings is 2. The number of nitrogens with one attached hydrogen (secondary N) is 2. The Labute approximate surface area is 163 Å². The highest BCUT2D eigenvalue weighted by Gasteiger charge is 2.23. The van der Waals surface area contributed by atoms with Gasteiger partial charge in [0, 0.05) is 6.04 Å². The molecule has 28 heavy (non-hydrogen) atoms. The fourth-order valence-electron chi connectivity index (χ4n) is 3.82. The van der Waals surface area contributed by atoms with E-state index in [0.717, 1.165) is 25.7 Å². The number of carbonyl (C=O) groups is 2. The van der Waals surface area contributed by atoms with E-state index in [1.807, 2.05) is 18.2 Å². The van der Waals surface area contributed by atoms with Crippen molar-refractivity contribution in [3.8, 4) is 0 Å². The SMILES string of the molecule is O=C(CNC(=O)n1nnc2ccccc21)NC1CCC(c2ccccc2)CC1. The van der Waals surface area contributed by atoms with Crippen LogP contribution in [0.2, 0.25) is 0 Å². The number of fused-ring (bicyclic) bond motifs is 1. The Bertz CT molecular complexity index is 961. The smallest absolute Gasteiger partial charge is 0.344 e. The first kappa shape index (κ1) is 18.2. The zero-order valence-electron chi connectivity index (χ0n) is 15.5. The second kappa shape index (κ2) is 8.21. The second-order valence-corrected chi connectivity index (χ2v) is 7.18. The summed E-state index contributed by atoms with van der Waals surface area (Å²) in [4.78, 5) is 24.5. The average molecular weight is 377 g/mol. The number of carbonyl (C=O) groups excluding carboxylic acids is 2. The quantitative estimate of drug-likeness (QED) is 0.732. The largest absolute Gasteiger partial charge is 0.352 e. The van der Waals surface area contributed by atoms with E-state index in [4.69, 9.17) is 0 Å². The van der Waals surface area contributed by atoms with Gasteiger partial charge in [0.05, 0.1) is 12.1 Å². The van der Waals surface area contributed by atoms with Crippen molar-refractivity contribution in [2.45, 2.75) is 37.6 Å². The molecule has 0 aliphatic heterocycles. The molecule has 1 heterocycles. The topological polar surface area (TPSA) is 88.9 Å². The summed E-state index contributed by atoms with van der Waals surface area (Å²) in [6.07, 6.45) is 4.03.